The van der Waals surface area contributed by atoms with Crippen molar-refractivity contribution >= 4 is 18.7 Å². The monoisotopic (exact) mass is 178 g/mol. The fourth-order valence-electron chi connectivity index (χ4n) is 0.845. The van der Waals surface area contributed by atoms with Crippen LogP contribution in [0.25, 0.3) is 0 Å². The first-order chi connectivity index (χ1) is 5.34. The highest BCUT2D eigenvalue weighted by molar-refractivity contribution is 7.79. The summed E-state index contributed by atoms with van der Waals surface area (Å²) >= 11 is 3.53. The number of hydrogen-bond donors (Lipinski definition) is 3. The third kappa shape index (κ3) is 3.48. The second-order valence-corrected chi connectivity index (χ2v) is 1.94. The summed E-state index contributed by atoms with van der Waals surface area (Å²) in [5.74, 6) is 0. The first-order valence-corrected chi connectivity index (χ1v) is 4.32. The van der Waals surface area contributed by atoms with Crippen LogP contribution in [0.15, 0.2) is 0 Å². The molecule has 1 fully saturated rings. The summed E-state index contributed by atoms with van der Waals surface area (Å²) in [6.45, 7) is 1.93. The molecule has 1 saturated heterocycles. The fourth-order valence-corrected chi connectivity index (χ4v) is 0.845. The van der Waals surface area contributed by atoms with Gasteiger partial charge in [-0.25, -0.2) is 4.79 Å². The highest BCUT2D eigenvalue weighted by Gasteiger charge is 2.17. The number of carbonyl (C=O) groups excluding carboxylic acids is 1. The zero-order valence-electron chi connectivity index (χ0n) is 6.58. The number of hydrogen-bond acceptors (Lipinski definition) is 3. The molecule has 0 aromatic heterocycles. The van der Waals surface area contributed by atoms with Crippen molar-refractivity contribution in [3.63, 3.8) is 0 Å². The molecule has 0 aromatic rings. The highest BCUT2D eigenvalue weighted by atomic mass is 32.1. The van der Waals surface area contributed by atoms with Gasteiger partial charge in [-0.05, 0) is 6.26 Å². The molecule has 1 aliphatic heterocycles. The number of rotatable bonds is 2. The van der Waals surface area contributed by atoms with Crippen molar-refractivity contribution < 1.29 is 9.90 Å². The molecule has 0 saturated carbocycles. The minimum Gasteiger partial charge on any atom is -0.395 e. The predicted octanol–water partition coefficient (Wildman–Crippen LogP) is -0.450. The Kier molecular flexibility index (Phi) is 6.06. The van der Waals surface area contributed by atoms with Gasteiger partial charge < -0.3 is 15.3 Å². The van der Waals surface area contributed by atoms with E-state index in [4.69, 9.17) is 5.11 Å². The Balaban J connectivity index is 0.000000461. The number of aliphatic hydroxyl groups is 1. The van der Waals surface area contributed by atoms with Gasteiger partial charge in [0, 0.05) is 19.6 Å². The van der Waals surface area contributed by atoms with Crippen molar-refractivity contribution in [2.75, 3.05) is 32.5 Å². The lowest BCUT2D eigenvalue weighted by atomic mass is 10.5. The predicted molar refractivity (Wildman–Crippen MR) is 47.0 cm³/mol. The summed E-state index contributed by atoms with van der Waals surface area (Å²) < 4.78 is 0. The molecule has 0 bridgehead atoms. The first-order valence-electron chi connectivity index (χ1n) is 3.43. The van der Waals surface area contributed by atoms with Gasteiger partial charge in [-0.15, -0.1) is 0 Å². The van der Waals surface area contributed by atoms with Crippen LogP contribution >= 0.6 is 12.6 Å². The Morgan fingerprint density at radius 3 is 2.73 bits per heavy atom. The zero-order chi connectivity index (χ0) is 8.69. The zero-order valence-corrected chi connectivity index (χ0v) is 7.47. The van der Waals surface area contributed by atoms with E-state index in [2.05, 4.69) is 17.9 Å². The van der Waals surface area contributed by atoms with E-state index in [1.807, 2.05) is 0 Å². The second kappa shape index (κ2) is 6.30. The summed E-state index contributed by atoms with van der Waals surface area (Å²) in [5, 5.41) is 11.1. The van der Waals surface area contributed by atoms with Gasteiger partial charge in [0.15, 0.2) is 0 Å². The van der Waals surface area contributed by atoms with Crippen molar-refractivity contribution in [2.24, 2.45) is 0 Å². The number of β-amino-alcohol motifs (C(OH)–C–C–N with tert-alkyl or cyclic N) is 1. The van der Waals surface area contributed by atoms with Crippen LogP contribution in [0.4, 0.5) is 4.79 Å². The van der Waals surface area contributed by atoms with E-state index in [9.17, 15) is 4.79 Å². The minimum absolute atomic E-state index is 0.0490. The standard InChI is InChI=1S/C5H10N2O2.CH4S/c8-4-3-7-2-1-6-5(7)9;1-2/h8H,1-4H2,(H,6,9);2H,1H3. The second-order valence-electron chi connectivity index (χ2n) is 1.94. The van der Waals surface area contributed by atoms with Crippen LogP contribution in [0.1, 0.15) is 0 Å². The van der Waals surface area contributed by atoms with Gasteiger partial charge in [-0.3, -0.25) is 0 Å². The lowest BCUT2D eigenvalue weighted by molar-refractivity contribution is 0.197. The topological polar surface area (TPSA) is 52.6 Å². The Morgan fingerprint density at radius 2 is 2.36 bits per heavy atom. The van der Waals surface area contributed by atoms with E-state index in [-0.39, 0.29) is 12.6 Å². The maximum atomic E-state index is 10.7. The average Bonchev–Trinajstić information content (AvgIpc) is 2.42. The van der Waals surface area contributed by atoms with Crippen molar-refractivity contribution in [2.45, 2.75) is 0 Å². The number of aliphatic hydroxyl groups excluding tert-OH is 1. The van der Waals surface area contributed by atoms with Crippen LogP contribution in [0.3, 0.4) is 0 Å². The molecular weight excluding hydrogens is 164 g/mol. The molecule has 66 valence electrons. The summed E-state index contributed by atoms with van der Waals surface area (Å²) in [6, 6.07) is -0.0657. The van der Waals surface area contributed by atoms with Crippen LogP contribution in [-0.4, -0.2) is 48.5 Å². The molecule has 2 amide bonds. The molecular formula is C6H14N2O2S. The normalized spacial score (nSPS) is 15.5. The molecule has 0 aromatic carbocycles. The molecule has 0 radical (unpaired) electrons. The van der Waals surface area contributed by atoms with E-state index in [1.54, 1.807) is 11.2 Å². The number of amides is 2. The Morgan fingerprint density at radius 1 is 1.73 bits per heavy atom. The van der Waals surface area contributed by atoms with Crippen LogP contribution in [0.5, 0.6) is 0 Å². The molecule has 0 spiro atoms. The summed E-state index contributed by atoms with van der Waals surface area (Å²) in [5.41, 5.74) is 0. The average molecular weight is 178 g/mol. The van der Waals surface area contributed by atoms with Gasteiger partial charge >= 0.3 is 6.03 Å². The maximum absolute atomic E-state index is 10.7. The first kappa shape index (κ1) is 10.6. The van der Waals surface area contributed by atoms with E-state index in [0.29, 0.717) is 13.1 Å². The minimum atomic E-state index is -0.0657. The molecule has 0 atom stereocenters. The molecule has 5 heteroatoms. The Labute approximate surface area is 72.0 Å². The number of carbonyl (C=O) groups is 1. The van der Waals surface area contributed by atoms with Crippen LogP contribution < -0.4 is 5.32 Å². The van der Waals surface area contributed by atoms with Gasteiger partial charge in [0.05, 0.1) is 6.61 Å². The van der Waals surface area contributed by atoms with Crippen molar-refractivity contribution in [3.05, 3.63) is 0 Å². The number of nitrogens with one attached hydrogen (secondary N) is 1. The third-order valence-electron chi connectivity index (χ3n) is 1.32. The number of thiol groups is 1. The Hall–Kier alpha value is -0.420. The van der Waals surface area contributed by atoms with E-state index >= 15 is 0 Å². The molecule has 0 aliphatic carbocycles. The van der Waals surface area contributed by atoms with Gasteiger partial charge in [-0.1, -0.05) is 0 Å². The molecule has 0 unspecified atom stereocenters. The van der Waals surface area contributed by atoms with Gasteiger partial charge in [-0.2, -0.15) is 12.6 Å². The van der Waals surface area contributed by atoms with Crippen molar-refractivity contribution in [1.29, 1.82) is 0 Å². The number of nitrogens with zero attached hydrogens (tertiary/aromatic N) is 1. The SMILES string of the molecule is CS.O=C1NCCN1CCO. The molecule has 1 rings (SSSR count). The quantitative estimate of drug-likeness (QED) is 0.502. The fraction of sp³-hybridized carbons (Fsp3) is 0.833. The van der Waals surface area contributed by atoms with E-state index in [0.717, 1.165) is 6.54 Å². The highest BCUT2D eigenvalue weighted by Crippen LogP contribution is 1.93. The molecule has 2 N–H and O–H groups in total. The number of urea groups is 1. The Bertz CT molecular complexity index is 121. The molecule has 11 heavy (non-hydrogen) atoms. The lowest BCUT2D eigenvalue weighted by Crippen LogP contribution is -2.30. The van der Waals surface area contributed by atoms with Crippen LogP contribution in [0, 0.1) is 0 Å². The summed E-state index contributed by atoms with van der Waals surface area (Å²) in [4.78, 5) is 12.3. The van der Waals surface area contributed by atoms with Crippen molar-refractivity contribution in [1.82, 2.24) is 10.2 Å². The smallest absolute Gasteiger partial charge is 0.317 e. The molecule has 1 heterocycles. The lowest BCUT2D eigenvalue weighted by Gasteiger charge is -2.10. The maximum Gasteiger partial charge on any atom is 0.317 e. The van der Waals surface area contributed by atoms with Gasteiger partial charge in [0.1, 0.15) is 0 Å². The van der Waals surface area contributed by atoms with Crippen molar-refractivity contribution in [3.8, 4) is 0 Å². The summed E-state index contributed by atoms with van der Waals surface area (Å²) in [6.07, 6.45) is 1.69. The van der Waals surface area contributed by atoms with Gasteiger partial charge in [0.2, 0.25) is 0 Å². The van der Waals surface area contributed by atoms with Gasteiger partial charge in [0.25, 0.3) is 0 Å². The summed E-state index contributed by atoms with van der Waals surface area (Å²) in [7, 11) is 0. The molecule has 1 aliphatic rings. The van der Waals surface area contributed by atoms with Crippen LogP contribution in [0.2, 0.25) is 0 Å². The van der Waals surface area contributed by atoms with Crippen LogP contribution in [-0.2, 0) is 0 Å². The van der Waals surface area contributed by atoms with E-state index < -0.39 is 0 Å². The largest absolute Gasteiger partial charge is 0.395 e. The molecule has 4 nitrogen and oxygen atoms in total. The third-order valence-corrected chi connectivity index (χ3v) is 1.32. The van der Waals surface area contributed by atoms with E-state index in [1.165, 1.54) is 0 Å².